The van der Waals surface area contributed by atoms with E-state index in [1.54, 1.807) is 36.4 Å². The van der Waals surface area contributed by atoms with Crippen LogP contribution in [-0.4, -0.2) is 26.6 Å². The second-order valence-electron chi connectivity index (χ2n) is 8.40. The Labute approximate surface area is 212 Å². The smallest absolute Gasteiger partial charge is 0.328 e. The number of carbonyl (C=O) groups is 1. The van der Waals surface area contributed by atoms with Crippen LogP contribution in [0, 0.1) is 6.92 Å². The number of rotatable bonds is 8. The minimum atomic E-state index is -0.726. The minimum absolute atomic E-state index is 0.260. The number of carbonyl (C=O) groups excluding carboxylic acids is 1. The van der Waals surface area contributed by atoms with Crippen LogP contribution < -0.4 is 16.0 Å². The number of hydrogen-bond acceptors (Lipinski definition) is 5. The first-order valence-corrected chi connectivity index (χ1v) is 12.2. The van der Waals surface area contributed by atoms with E-state index in [1.807, 2.05) is 13.0 Å². The molecule has 4 aromatic rings. The number of unbranched alkanes of at least 4 members (excludes halogenated alkanes) is 2. The standard InChI is InChI=1S/C26H26Cl2N4O3/c1-3-4-5-9-21(29)26(34)35-22-10-7-6-8-17(22)18-14-30-24-23(15(2)31-32(24)25(18)33)16-11-12-19(27)20(28)13-16/h6-8,10-14,21,31H,3-5,9,29H2,1-2H3/t21-/m1/s1. The summed E-state index contributed by atoms with van der Waals surface area (Å²) in [6.07, 6.45) is 4.92. The van der Waals surface area contributed by atoms with Crippen molar-refractivity contribution in [2.75, 3.05) is 0 Å². The maximum Gasteiger partial charge on any atom is 0.328 e. The number of aromatic amines is 1. The zero-order valence-corrected chi connectivity index (χ0v) is 21.0. The van der Waals surface area contributed by atoms with Gasteiger partial charge in [0, 0.05) is 23.0 Å². The molecular weight excluding hydrogens is 487 g/mol. The molecule has 9 heteroatoms. The summed E-state index contributed by atoms with van der Waals surface area (Å²) in [5.74, 6) is -0.268. The van der Waals surface area contributed by atoms with E-state index in [0.717, 1.165) is 36.1 Å². The quantitative estimate of drug-likeness (QED) is 0.177. The summed E-state index contributed by atoms with van der Waals surface area (Å²) >= 11 is 12.3. The van der Waals surface area contributed by atoms with Crippen LogP contribution in [0.2, 0.25) is 10.0 Å². The molecule has 0 radical (unpaired) electrons. The molecule has 35 heavy (non-hydrogen) atoms. The number of aromatic nitrogens is 3. The summed E-state index contributed by atoms with van der Waals surface area (Å²) < 4.78 is 6.98. The molecule has 0 aliphatic rings. The average Bonchev–Trinajstić information content (AvgIpc) is 3.18. The number of esters is 1. The van der Waals surface area contributed by atoms with Gasteiger partial charge in [-0.3, -0.25) is 9.89 Å². The van der Waals surface area contributed by atoms with Crippen LogP contribution in [0.15, 0.2) is 53.5 Å². The van der Waals surface area contributed by atoms with E-state index in [1.165, 1.54) is 10.7 Å². The molecule has 1 atom stereocenters. The molecule has 0 unspecified atom stereocenters. The van der Waals surface area contributed by atoms with Crippen molar-refractivity contribution in [3.05, 3.63) is 74.8 Å². The zero-order chi connectivity index (χ0) is 25.1. The lowest BCUT2D eigenvalue weighted by atomic mass is 10.1. The van der Waals surface area contributed by atoms with Crippen molar-refractivity contribution in [1.82, 2.24) is 14.6 Å². The van der Waals surface area contributed by atoms with E-state index in [-0.39, 0.29) is 16.9 Å². The normalized spacial score (nSPS) is 12.1. The lowest BCUT2D eigenvalue weighted by molar-refractivity contribution is -0.136. The van der Waals surface area contributed by atoms with Gasteiger partial charge in [0.15, 0.2) is 5.65 Å². The molecule has 0 spiro atoms. The first-order valence-electron chi connectivity index (χ1n) is 11.4. The SMILES string of the molecule is CCCCC[C@@H](N)C(=O)Oc1ccccc1-c1cnc2c(-c3ccc(Cl)c(Cl)c3)c(C)[nH]n2c1=O. The lowest BCUT2D eigenvalue weighted by Gasteiger charge is -2.13. The van der Waals surface area contributed by atoms with Crippen LogP contribution in [0.25, 0.3) is 27.9 Å². The molecule has 0 amide bonds. The van der Waals surface area contributed by atoms with E-state index >= 15 is 0 Å². The summed E-state index contributed by atoms with van der Waals surface area (Å²) in [4.78, 5) is 30.6. The summed E-state index contributed by atoms with van der Waals surface area (Å²) in [5, 5.41) is 3.93. The summed E-state index contributed by atoms with van der Waals surface area (Å²) in [5.41, 5.74) is 9.13. The summed E-state index contributed by atoms with van der Waals surface area (Å²) in [6, 6.07) is 11.4. The second kappa shape index (κ2) is 10.6. The molecule has 0 fully saturated rings. The van der Waals surface area contributed by atoms with Gasteiger partial charge in [0.25, 0.3) is 5.56 Å². The van der Waals surface area contributed by atoms with E-state index < -0.39 is 12.0 Å². The van der Waals surface area contributed by atoms with E-state index in [9.17, 15) is 9.59 Å². The van der Waals surface area contributed by atoms with Gasteiger partial charge >= 0.3 is 5.97 Å². The van der Waals surface area contributed by atoms with Crippen LogP contribution in [0.3, 0.4) is 0 Å². The van der Waals surface area contributed by atoms with Crippen LogP contribution in [-0.2, 0) is 4.79 Å². The molecule has 182 valence electrons. The van der Waals surface area contributed by atoms with Crippen molar-refractivity contribution in [1.29, 1.82) is 0 Å². The number of benzene rings is 2. The highest BCUT2D eigenvalue weighted by atomic mass is 35.5. The van der Waals surface area contributed by atoms with E-state index in [4.69, 9.17) is 33.7 Å². The molecule has 3 N–H and O–H groups in total. The van der Waals surface area contributed by atoms with Crippen molar-refractivity contribution in [2.24, 2.45) is 5.73 Å². The van der Waals surface area contributed by atoms with E-state index in [2.05, 4.69) is 17.0 Å². The minimum Gasteiger partial charge on any atom is -0.425 e. The number of H-pyrrole nitrogens is 1. The van der Waals surface area contributed by atoms with E-state index in [0.29, 0.717) is 27.7 Å². The molecule has 0 saturated heterocycles. The maximum atomic E-state index is 13.5. The van der Waals surface area contributed by atoms with Gasteiger partial charge in [-0.15, -0.1) is 0 Å². The Morgan fingerprint density at radius 3 is 2.66 bits per heavy atom. The predicted octanol–water partition coefficient (Wildman–Crippen LogP) is 5.78. The monoisotopic (exact) mass is 512 g/mol. The van der Waals surface area contributed by atoms with Gasteiger partial charge in [-0.25, -0.2) is 14.3 Å². The van der Waals surface area contributed by atoms with Crippen molar-refractivity contribution in [3.63, 3.8) is 0 Å². The summed E-state index contributed by atoms with van der Waals surface area (Å²) in [7, 11) is 0. The van der Waals surface area contributed by atoms with Crippen LogP contribution in [0.5, 0.6) is 5.75 Å². The van der Waals surface area contributed by atoms with Gasteiger partial charge in [0.05, 0.1) is 15.6 Å². The van der Waals surface area contributed by atoms with Crippen LogP contribution >= 0.6 is 23.2 Å². The van der Waals surface area contributed by atoms with Crippen LogP contribution in [0.4, 0.5) is 0 Å². The fraction of sp³-hybridized carbons (Fsp3) is 0.269. The summed E-state index contributed by atoms with van der Waals surface area (Å²) in [6.45, 7) is 3.93. The molecule has 2 heterocycles. The van der Waals surface area contributed by atoms with Gasteiger partial charge in [0.2, 0.25) is 0 Å². The molecule has 0 saturated carbocycles. The van der Waals surface area contributed by atoms with Gasteiger partial charge in [-0.1, -0.05) is 73.7 Å². The molecule has 0 bridgehead atoms. The Morgan fingerprint density at radius 2 is 1.91 bits per heavy atom. The Morgan fingerprint density at radius 1 is 1.14 bits per heavy atom. The van der Waals surface area contributed by atoms with Crippen molar-refractivity contribution in [3.8, 4) is 28.0 Å². The van der Waals surface area contributed by atoms with Crippen molar-refractivity contribution < 1.29 is 9.53 Å². The van der Waals surface area contributed by atoms with Gasteiger partial charge in [-0.05, 0) is 37.1 Å². The van der Waals surface area contributed by atoms with Gasteiger partial charge in [0.1, 0.15) is 11.8 Å². The highest BCUT2D eigenvalue weighted by molar-refractivity contribution is 6.42. The topological polar surface area (TPSA) is 102 Å². The van der Waals surface area contributed by atoms with Gasteiger partial charge in [-0.2, -0.15) is 0 Å². The lowest BCUT2D eigenvalue weighted by Crippen LogP contribution is -2.34. The third kappa shape index (κ3) is 5.12. The molecule has 2 aromatic carbocycles. The molecule has 0 aliphatic heterocycles. The fourth-order valence-electron chi connectivity index (χ4n) is 4.00. The Bertz CT molecular complexity index is 1440. The average molecular weight is 513 g/mol. The highest BCUT2D eigenvalue weighted by Crippen LogP contribution is 2.33. The number of aryl methyl sites for hydroxylation is 1. The Hall–Kier alpha value is -3.13. The molecule has 7 nitrogen and oxygen atoms in total. The number of ether oxygens (including phenoxy) is 1. The molecule has 4 rings (SSSR count). The number of hydrogen-bond donors (Lipinski definition) is 2. The largest absolute Gasteiger partial charge is 0.425 e. The predicted molar refractivity (Wildman–Crippen MR) is 139 cm³/mol. The van der Waals surface area contributed by atoms with Crippen molar-refractivity contribution in [2.45, 2.75) is 45.6 Å². The van der Waals surface area contributed by atoms with Gasteiger partial charge < -0.3 is 10.5 Å². The molecular formula is C26H26Cl2N4O3. The molecule has 2 aromatic heterocycles. The first-order chi connectivity index (χ1) is 16.8. The van der Waals surface area contributed by atoms with Crippen LogP contribution in [0.1, 0.15) is 38.3 Å². The highest BCUT2D eigenvalue weighted by Gasteiger charge is 2.21. The number of fused-ring (bicyclic) bond motifs is 1. The Balaban J connectivity index is 1.72. The number of para-hydroxylation sites is 1. The number of nitrogens with one attached hydrogen (secondary N) is 1. The zero-order valence-electron chi connectivity index (χ0n) is 19.5. The first kappa shape index (κ1) is 25.0. The maximum absolute atomic E-state index is 13.5. The number of halogens is 2. The molecule has 0 aliphatic carbocycles. The van der Waals surface area contributed by atoms with Crippen molar-refractivity contribution >= 4 is 34.8 Å². The third-order valence-corrected chi connectivity index (χ3v) is 6.60. The fourth-order valence-corrected chi connectivity index (χ4v) is 4.30. The number of nitrogens with two attached hydrogens (primary N) is 1. The number of nitrogens with zero attached hydrogens (tertiary/aromatic N) is 2. The third-order valence-electron chi connectivity index (χ3n) is 5.86. The second-order valence-corrected chi connectivity index (χ2v) is 9.21. The Kier molecular flexibility index (Phi) is 7.60.